The summed E-state index contributed by atoms with van der Waals surface area (Å²) in [7, 11) is 0. The molecule has 186 valence electrons. The third-order valence-electron chi connectivity index (χ3n) is 4.79. The Hall–Kier alpha value is -4.11. The van der Waals surface area contributed by atoms with Gasteiger partial charge in [-0.15, -0.1) is 0 Å². The number of nitro benzene ring substituents is 1. The molecular weight excluding hydrogens is 545 g/mol. The molecule has 1 N–H and O–H groups in total. The Morgan fingerprint density at radius 1 is 1.17 bits per heavy atom. The molecule has 36 heavy (non-hydrogen) atoms. The third kappa shape index (κ3) is 6.51. The van der Waals surface area contributed by atoms with Gasteiger partial charge < -0.3 is 9.47 Å². The third-order valence-corrected chi connectivity index (χ3v) is 5.48. The number of halogens is 4. The van der Waals surface area contributed by atoms with E-state index in [1.165, 1.54) is 6.21 Å². The van der Waals surface area contributed by atoms with Crippen molar-refractivity contribution < 1.29 is 27.6 Å². The molecule has 0 bridgehead atoms. The predicted molar refractivity (Wildman–Crippen MR) is 130 cm³/mol. The second-order valence-corrected chi connectivity index (χ2v) is 8.02. The highest BCUT2D eigenvalue weighted by atomic mass is 79.9. The normalized spacial score (nSPS) is 11.2. The van der Waals surface area contributed by atoms with Gasteiger partial charge in [0.2, 0.25) is 0 Å². The predicted octanol–water partition coefficient (Wildman–Crippen LogP) is 6.67. The van der Waals surface area contributed by atoms with Crippen LogP contribution in [0.25, 0.3) is 0 Å². The van der Waals surface area contributed by atoms with Gasteiger partial charge in [-0.05, 0) is 53.2 Å². The van der Waals surface area contributed by atoms with Crippen molar-refractivity contribution in [3.63, 3.8) is 0 Å². The van der Waals surface area contributed by atoms with E-state index in [0.29, 0.717) is 45.3 Å². The number of benzene rings is 3. The molecule has 0 saturated heterocycles. The molecule has 0 unspecified atom stereocenters. The van der Waals surface area contributed by atoms with Gasteiger partial charge in [-0.3, -0.25) is 15.5 Å². The lowest BCUT2D eigenvalue weighted by Crippen LogP contribution is -2.06. The number of ether oxygens (including phenoxy) is 2. The first-order valence-electron chi connectivity index (χ1n) is 10.4. The number of nitro groups is 1. The molecule has 0 amide bonds. The Labute approximate surface area is 212 Å². The summed E-state index contributed by atoms with van der Waals surface area (Å²) in [6.07, 6.45) is -3.39. The Morgan fingerprint density at radius 3 is 2.56 bits per heavy atom. The lowest BCUT2D eigenvalue weighted by Gasteiger charge is -2.14. The maximum atomic E-state index is 12.9. The van der Waals surface area contributed by atoms with Gasteiger partial charge in [0.15, 0.2) is 11.5 Å². The van der Waals surface area contributed by atoms with Gasteiger partial charge in [0.05, 0.1) is 34.9 Å². The zero-order valence-corrected chi connectivity index (χ0v) is 20.3. The van der Waals surface area contributed by atoms with Gasteiger partial charge in [0, 0.05) is 21.7 Å². The fourth-order valence-electron chi connectivity index (χ4n) is 3.07. The van der Waals surface area contributed by atoms with E-state index in [0.717, 1.165) is 12.1 Å². The summed E-state index contributed by atoms with van der Waals surface area (Å²) in [5, 5.41) is 24.4. The molecule has 0 aromatic heterocycles. The van der Waals surface area contributed by atoms with E-state index in [9.17, 15) is 28.5 Å². The zero-order valence-electron chi connectivity index (χ0n) is 18.7. The van der Waals surface area contributed by atoms with E-state index in [-0.39, 0.29) is 12.3 Å². The van der Waals surface area contributed by atoms with Crippen molar-refractivity contribution in [3.8, 4) is 17.6 Å². The molecule has 0 fully saturated rings. The molecule has 0 aliphatic carbocycles. The molecule has 3 aromatic rings. The van der Waals surface area contributed by atoms with Crippen molar-refractivity contribution in [1.29, 1.82) is 5.26 Å². The molecule has 0 heterocycles. The SMILES string of the molecule is CCOc1cc(/C=N\Nc2ccc(C(F)(F)F)cc2[N+](=O)[O-])c(Br)cc1OCc1ccccc1C#N. The zero-order chi connectivity index (χ0) is 26.3. The van der Waals surface area contributed by atoms with Gasteiger partial charge >= 0.3 is 6.18 Å². The van der Waals surface area contributed by atoms with Crippen molar-refractivity contribution >= 4 is 33.5 Å². The van der Waals surface area contributed by atoms with E-state index in [4.69, 9.17) is 9.47 Å². The quantitative estimate of drug-likeness (QED) is 0.177. The molecule has 0 atom stereocenters. The average molecular weight is 563 g/mol. The van der Waals surface area contributed by atoms with Crippen LogP contribution in [0, 0.1) is 21.4 Å². The minimum Gasteiger partial charge on any atom is -0.490 e. The fourth-order valence-corrected chi connectivity index (χ4v) is 3.49. The summed E-state index contributed by atoms with van der Waals surface area (Å²) in [6, 6.07) is 14.5. The Bertz CT molecular complexity index is 1340. The van der Waals surface area contributed by atoms with Crippen LogP contribution in [0.1, 0.15) is 29.2 Å². The van der Waals surface area contributed by atoms with Crippen molar-refractivity contribution in [2.75, 3.05) is 12.0 Å². The standard InChI is InChI=1S/C24H18BrF3N4O4/c1-2-35-22-9-17(19(25)11-23(22)36-14-16-6-4-3-5-15(16)12-29)13-30-31-20-8-7-18(24(26,27)28)10-21(20)32(33)34/h3-11,13,31H,2,14H2,1H3/b30-13-. The highest BCUT2D eigenvalue weighted by Gasteiger charge is 2.33. The first-order valence-corrected chi connectivity index (χ1v) is 11.1. The molecule has 0 saturated carbocycles. The van der Waals surface area contributed by atoms with Crippen molar-refractivity contribution in [3.05, 3.63) is 91.4 Å². The number of nitriles is 1. The van der Waals surface area contributed by atoms with Gasteiger partial charge in [-0.25, -0.2) is 0 Å². The molecule has 0 spiro atoms. The number of hydrogen-bond donors (Lipinski definition) is 1. The summed E-state index contributed by atoms with van der Waals surface area (Å²) >= 11 is 3.40. The minimum atomic E-state index is -4.71. The summed E-state index contributed by atoms with van der Waals surface area (Å²) in [6.45, 7) is 2.25. The van der Waals surface area contributed by atoms with Gasteiger partial charge in [0.25, 0.3) is 5.69 Å². The summed E-state index contributed by atoms with van der Waals surface area (Å²) in [5.74, 6) is 0.789. The molecule has 0 aliphatic rings. The van der Waals surface area contributed by atoms with Gasteiger partial charge in [0.1, 0.15) is 12.3 Å². The van der Waals surface area contributed by atoms with E-state index in [2.05, 4.69) is 32.5 Å². The number of anilines is 1. The van der Waals surface area contributed by atoms with Crippen LogP contribution >= 0.6 is 15.9 Å². The second kappa shape index (κ2) is 11.5. The molecule has 3 rings (SSSR count). The van der Waals surface area contributed by atoms with Crippen LogP contribution in [-0.2, 0) is 12.8 Å². The van der Waals surface area contributed by atoms with Crippen LogP contribution in [0.2, 0.25) is 0 Å². The fraction of sp³-hybridized carbons (Fsp3) is 0.167. The molecule has 3 aromatic carbocycles. The van der Waals surface area contributed by atoms with Crippen LogP contribution < -0.4 is 14.9 Å². The van der Waals surface area contributed by atoms with E-state index < -0.39 is 22.4 Å². The van der Waals surface area contributed by atoms with Crippen LogP contribution in [0.5, 0.6) is 11.5 Å². The highest BCUT2D eigenvalue weighted by molar-refractivity contribution is 9.10. The van der Waals surface area contributed by atoms with Crippen LogP contribution in [0.4, 0.5) is 24.5 Å². The van der Waals surface area contributed by atoms with Gasteiger partial charge in [-0.2, -0.15) is 23.5 Å². The smallest absolute Gasteiger partial charge is 0.416 e. The number of nitrogens with zero attached hydrogens (tertiary/aromatic N) is 3. The van der Waals surface area contributed by atoms with Crippen molar-refractivity contribution in [2.45, 2.75) is 19.7 Å². The number of alkyl halides is 3. The molecular formula is C24H18BrF3N4O4. The summed E-state index contributed by atoms with van der Waals surface area (Å²) in [5.41, 5.74) is 1.99. The molecule has 12 heteroatoms. The lowest BCUT2D eigenvalue weighted by molar-refractivity contribution is -0.384. The molecule has 0 aliphatic heterocycles. The van der Waals surface area contributed by atoms with Crippen molar-refractivity contribution in [1.82, 2.24) is 0 Å². The van der Waals surface area contributed by atoms with Gasteiger partial charge in [-0.1, -0.05) is 18.2 Å². The van der Waals surface area contributed by atoms with E-state index >= 15 is 0 Å². The Kier molecular flexibility index (Phi) is 8.50. The molecule has 8 nitrogen and oxygen atoms in total. The maximum absolute atomic E-state index is 12.9. The Morgan fingerprint density at radius 2 is 1.89 bits per heavy atom. The number of nitrogens with one attached hydrogen (secondary N) is 1. The van der Waals surface area contributed by atoms with Crippen LogP contribution in [0.3, 0.4) is 0 Å². The topological polar surface area (TPSA) is 110 Å². The average Bonchev–Trinajstić information content (AvgIpc) is 2.84. The molecule has 0 radical (unpaired) electrons. The maximum Gasteiger partial charge on any atom is 0.416 e. The number of hydrogen-bond acceptors (Lipinski definition) is 7. The highest BCUT2D eigenvalue weighted by Crippen LogP contribution is 2.36. The van der Waals surface area contributed by atoms with E-state index in [1.807, 2.05) is 0 Å². The first-order chi connectivity index (χ1) is 17.1. The summed E-state index contributed by atoms with van der Waals surface area (Å²) < 4.78 is 50.7. The van der Waals surface area contributed by atoms with Crippen LogP contribution in [0.15, 0.2) is 64.2 Å². The number of rotatable bonds is 9. The van der Waals surface area contributed by atoms with Crippen molar-refractivity contribution in [2.24, 2.45) is 5.10 Å². The Balaban J connectivity index is 1.82. The van der Waals surface area contributed by atoms with E-state index in [1.54, 1.807) is 43.3 Å². The second-order valence-electron chi connectivity index (χ2n) is 7.17. The lowest BCUT2D eigenvalue weighted by atomic mass is 10.1. The summed E-state index contributed by atoms with van der Waals surface area (Å²) in [4.78, 5) is 10.3. The monoisotopic (exact) mass is 562 g/mol. The minimum absolute atomic E-state index is 0.128. The first kappa shape index (κ1) is 26.5. The number of hydrazone groups is 1. The van der Waals surface area contributed by atoms with Crippen LogP contribution in [-0.4, -0.2) is 17.7 Å². The largest absolute Gasteiger partial charge is 0.490 e.